The number of benzene rings is 1. The Hall–Kier alpha value is -2.90. The quantitative estimate of drug-likeness (QED) is 0.885. The van der Waals surface area contributed by atoms with Crippen LogP contribution in [0.25, 0.3) is 5.69 Å². The van der Waals surface area contributed by atoms with Crippen LogP contribution in [0.4, 0.5) is 9.18 Å². The normalized spacial score (nSPS) is 17.1. The number of carbonyl (C=O) groups excluding carboxylic acids is 2. The van der Waals surface area contributed by atoms with E-state index in [1.165, 1.54) is 21.7 Å². The summed E-state index contributed by atoms with van der Waals surface area (Å²) in [6.45, 7) is 2.71. The average molecular weight is 331 g/mol. The fraction of sp³-hybridized carbons (Fsp3) is 0.312. The summed E-state index contributed by atoms with van der Waals surface area (Å²) in [6, 6.07) is 5.35. The van der Waals surface area contributed by atoms with Crippen LogP contribution in [0.1, 0.15) is 22.5 Å². The number of aromatic nitrogens is 2. The molecule has 0 bridgehead atoms. The molecule has 2 heterocycles. The van der Waals surface area contributed by atoms with E-state index in [2.05, 4.69) is 10.4 Å². The van der Waals surface area contributed by atoms with Crippen LogP contribution in [-0.2, 0) is 0 Å². The Balaban J connectivity index is 1.69. The minimum Gasteiger partial charge on any atom is -0.351 e. The van der Waals surface area contributed by atoms with Gasteiger partial charge in [-0.3, -0.25) is 4.79 Å². The number of halogens is 1. The van der Waals surface area contributed by atoms with Crippen molar-refractivity contribution in [3.8, 4) is 5.69 Å². The number of nitrogens with zero attached hydrogens (tertiary/aromatic N) is 3. The number of amides is 3. The van der Waals surface area contributed by atoms with Crippen LogP contribution in [0.2, 0.25) is 0 Å². The highest BCUT2D eigenvalue weighted by molar-refractivity contribution is 5.92. The van der Waals surface area contributed by atoms with Crippen molar-refractivity contribution in [1.29, 1.82) is 0 Å². The van der Waals surface area contributed by atoms with Gasteiger partial charge in [0.2, 0.25) is 0 Å². The van der Waals surface area contributed by atoms with Crippen LogP contribution in [-0.4, -0.2) is 45.8 Å². The number of aryl methyl sites for hydroxylation is 1. The Morgan fingerprint density at radius 3 is 2.83 bits per heavy atom. The predicted octanol–water partition coefficient (Wildman–Crippen LogP) is 1.20. The first-order valence-electron chi connectivity index (χ1n) is 7.61. The fourth-order valence-electron chi connectivity index (χ4n) is 2.79. The lowest BCUT2D eigenvalue weighted by Crippen LogP contribution is -2.40. The third kappa shape index (κ3) is 3.22. The van der Waals surface area contributed by atoms with Crippen LogP contribution in [0.5, 0.6) is 0 Å². The molecule has 1 aliphatic rings. The monoisotopic (exact) mass is 331 g/mol. The van der Waals surface area contributed by atoms with Gasteiger partial charge in [0.25, 0.3) is 5.91 Å². The molecule has 0 aliphatic carbocycles. The third-order valence-electron chi connectivity index (χ3n) is 4.06. The lowest BCUT2D eigenvalue weighted by atomic mass is 10.2. The zero-order valence-corrected chi connectivity index (χ0v) is 13.2. The molecule has 126 valence electrons. The molecule has 7 nitrogen and oxygen atoms in total. The zero-order valence-electron chi connectivity index (χ0n) is 13.2. The summed E-state index contributed by atoms with van der Waals surface area (Å²) in [5, 5.41) is 7.09. The van der Waals surface area contributed by atoms with Crippen LogP contribution >= 0.6 is 0 Å². The summed E-state index contributed by atoms with van der Waals surface area (Å²) in [5.41, 5.74) is 6.91. The van der Waals surface area contributed by atoms with E-state index in [0.29, 0.717) is 25.2 Å². The van der Waals surface area contributed by atoms with Gasteiger partial charge in [0.05, 0.1) is 5.69 Å². The second-order valence-electron chi connectivity index (χ2n) is 5.82. The summed E-state index contributed by atoms with van der Waals surface area (Å²) >= 11 is 0. The molecule has 0 spiro atoms. The maximum Gasteiger partial charge on any atom is 0.314 e. The Labute approximate surface area is 138 Å². The van der Waals surface area contributed by atoms with Gasteiger partial charge < -0.3 is 16.0 Å². The van der Waals surface area contributed by atoms with E-state index in [9.17, 15) is 14.0 Å². The highest BCUT2D eigenvalue weighted by Gasteiger charge is 2.26. The standard InChI is InChI=1S/C16H18FN5O2/c1-10-8-11(17)2-3-14(10)22-7-5-13(20-22)15(23)19-12-4-6-21(9-12)16(18)24/h2-3,5,7-8,12H,4,6,9H2,1H3,(H2,18,24)(H,19,23)/t12-/m1/s1. The number of hydrogen-bond donors (Lipinski definition) is 2. The summed E-state index contributed by atoms with van der Waals surface area (Å²) in [5.74, 6) is -0.633. The first kappa shape index (κ1) is 16.0. The maximum atomic E-state index is 13.2. The van der Waals surface area contributed by atoms with E-state index in [1.54, 1.807) is 25.3 Å². The molecule has 1 aromatic carbocycles. The topological polar surface area (TPSA) is 93.3 Å². The molecule has 0 radical (unpaired) electrons. The number of nitrogens with two attached hydrogens (primary N) is 1. The van der Waals surface area contributed by atoms with Gasteiger partial charge in [-0.1, -0.05) is 0 Å². The fourth-order valence-corrected chi connectivity index (χ4v) is 2.79. The minimum absolute atomic E-state index is 0.136. The predicted molar refractivity (Wildman–Crippen MR) is 85.3 cm³/mol. The first-order valence-corrected chi connectivity index (χ1v) is 7.61. The van der Waals surface area contributed by atoms with Gasteiger partial charge in [0.15, 0.2) is 5.69 Å². The molecular weight excluding hydrogens is 313 g/mol. The SMILES string of the molecule is Cc1cc(F)ccc1-n1ccc(C(=O)N[C@@H]2CCN(C(N)=O)C2)n1. The highest BCUT2D eigenvalue weighted by Crippen LogP contribution is 2.15. The molecule has 0 unspecified atom stereocenters. The van der Waals surface area contributed by atoms with E-state index in [-0.39, 0.29) is 23.5 Å². The van der Waals surface area contributed by atoms with E-state index in [1.807, 2.05) is 0 Å². The number of primary amides is 1. The molecule has 3 rings (SSSR count). The van der Waals surface area contributed by atoms with Crippen molar-refractivity contribution < 1.29 is 14.0 Å². The lowest BCUT2D eigenvalue weighted by Gasteiger charge is -2.14. The Morgan fingerprint density at radius 1 is 1.38 bits per heavy atom. The van der Waals surface area contributed by atoms with E-state index in [4.69, 9.17) is 5.73 Å². The Morgan fingerprint density at radius 2 is 2.17 bits per heavy atom. The van der Waals surface area contributed by atoms with E-state index in [0.717, 1.165) is 5.56 Å². The van der Waals surface area contributed by atoms with Crippen molar-refractivity contribution in [2.24, 2.45) is 5.73 Å². The van der Waals surface area contributed by atoms with Crippen LogP contribution < -0.4 is 11.1 Å². The van der Waals surface area contributed by atoms with Crippen molar-refractivity contribution in [3.05, 3.63) is 47.5 Å². The third-order valence-corrected chi connectivity index (χ3v) is 4.06. The van der Waals surface area contributed by atoms with Gasteiger partial charge in [-0.15, -0.1) is 0 Å². The molecule has 1 fully saturated rings. The Kier molecular flexibility index (Phi) is 4.20. The van der Waals surface area contributed by atoms with Crippen LogP contribution in [0, 0.1) is 12.7 Å². The van der Waals surface area contributed by atoms with Gasteiger partial charge in [-0.05, 0) is 43.2 Å². The molecular formula is C16H18FN5O2. The molecule has 24 heavy (non-hydrogen) atoms. The van der Waals surface area contributed by atoms with Gasteiger partial charge in [0.1, 0.15) is 5.82 Å². The molecule has 1 atom stereocenters. The molecule has 3 N–H and O–H groups in total. The number of carbonyl (C=O) groups is 2. The van der Waals surface area contributed by atoms with Crippen LogP contribution in [0.15, 0.2) is 30.5 Å². The zero-order chi connectivity index (χ0) is 17.3. The van der Waals surface area contributed by atoms with Crippen molar-refractivity contribution in [2.75, 3.05) is 13.1 Å². The minimum atomic E-state index is -0.484. The summed E-state index contributed by atoms with van der Waals surface area (Å²) in [4.78, 5) is 24.9. The molecule has 0 saturated carbocycles. The number of likely N-dealkylation sites (tertiary alicyclic amines) is 1. The molecule has 1 aliphatic heterocycles. The second-order valence-corrected chi connectivity index (χ2v) is 5.82. The molecule has 1 saturated heterocycles. The first-order chi connectivity index (χ1) is 11.4. The number of rotatable bonds is 3. The number of urea groups is 1. The largest absolute Gasteiger partial charge is 0.351 e. The summed E-state index contributed by atoms with van der Waals surface area (Å²) in [6.07, 6.45) is 2.31. The maximum absolute atomic E-state index is 13.2. The van der Waals surface area contributed by atoms with Crippen molar-refractivity contribution >= 4 is 11.9 Å². The van der Waals surface area contributed by atoms with Gasteiger partial charge in [-0.25, -0.2) is 13.9 Å². The Bertz CT molecular complexity index is 789. The number of hydrogen-bond acceptors (Lipinski definition) is 3. The summed E-state index contributed by atoms with van der Waals surface area (Å²) in [7, 11) is 0. The number of nitrogens with one attached hydrogen (secondary N) is 1. The molecule has 8 heteroatoms. The molecule has 3 amide bonds. The smallest absolute Gasteiger partial charge is 0.314 e. The lowest BCUT2D eigenvalue weighted by molar-refractivity contribution is 0.0932. The van der Waals surface area contributed by atoms with Crippen molar-refractivity contribution in [2.45, 2.75) is 19.4 Å². The highest BCUT2D eigenvalue weighted by atomic mass is 19.1. The van der Waals surface area contributed by atoms with Gasteiger partial charge >= 0.3 is 6.03 Å². The average Bonchev–Trinajstić information content (AvgIpc) is 3.16. The summed E-state index contributed by atoms with van der Waals surface area (Å²) < 4.78 is 14.7. The molecule has 1 aromatic heterocycles. The van der Waals surface area contributed by atoms with E-state index >= 15 is 0 Å². The van der Waals surface area contributed by atoms with Crippen molar-refractivity contribution in [1.82, 2.24) is 20.0 Å². The van der Waals surface area contributed by atoms with Gasteiger partial charge in [0, 0.05) is 25.3 Å². The van der Waals surface area contributed by atoms with Crippen LogP contribution in [0.3, 0.4) is 0 Å². The van der Waals surface area contributed by atoms with Gasteiger partial charge in [-0.2, -0.15) is 5.10 Å². The second kappa shape index (κ2) is 6.31. The van der Waals surface area contributed by atoms with E-state index < -0.39 is 6.03 Å². The molecule has 2 aromatic rings. The van der Waals surface area contributed by atoms with Crippen molar-refractivity contribution in [3.63, 3.8) is 0 Å².